The van der Waals surface area contributed by atoms with Gasteiger partial charge in [-0.15, -0.1) is 6.42 Å². The second-order valence-corrected chi connectivity index (χ2v) is 3.54. The largest absolute Gasteiger partial charge is 0.491 e. The van der Waals surface area contributed by atoms with E-state index in [-0.39, 0.29) is 0 Å². The molecular weight excluding hydrogens is 284 g/mol. The van der Waals surface area contributed by atoms with Crippen LogP contribution >= 0.6 is 0 Å². The molecule has 0 aromatic rings. The summed E-state index contributed by atoms with van der Waals surface area (Å²) < 4.78 is 69.7. The summed E-state index contributed by atoms with van der Waals surface area (Å²) in [6.45, 7) is 3.57. The number of nitrogens with two attached hydrogens (primary N) is 1. The molecule has 0 heterocycles. The maximum atomic E-state index is 11.2. The molecule has 0 saturated heterocycles. The van der Waals surface area contributed by atoms with Crippen molar-refractivity contribution in [3.63, 3.8) is 0 Å². The number of esters is 2. The van der Waals surface area contributed by atoms with Crippen LogP contribution in [0.3, 0.4) is 0 Å². The fraction of sp³-hybridized carbons (Fsp3) is 0.556. The lowest BCUT2D eigenvalue weighted by Crippen LogP contribution is -2.34. The topological polar surface area (TPSA) is 69.4 Å². The highest BCUT2D eigenvalue weighted by Gasteiger charge is 2.49. The van der Waals surface area contributed by atoms with Crippen LogP contribution in [0.5, 0.6) is 0 Å². The summed E-state index contributed by atoms with van der Waals surface area (Å²) >= 11 is 0. The van der Waals surface area contributed by atoms with Crippen molar-refractivity contribution < 1.29 is 40.7 Å². The zero-order chi connectivity index (χ0) is 16.1. The fourth-order valence-electron chi connectivity index (χ4n) is 0.200. The molecule has 2 N–H and O–H groups in total. The van der Waals surface area contributed by atoms with Crippen LogP contribution in [0, 0.1) is 12.3 Å². The number of alkyl halides is 6. The Labute approximate surface area is 103 Å². The van der Waals surface area contributed by atoms with E-state index in [1.54, 1.807) is 13.8 Å². The smallest absolute Gasteiger partial charge is 0.380 e. The van der Waals surface area contributed by atoms with Crippen molar-refractivity contribution in [3.8, 4) is 12.3 Å². The van der Waals surface area contributed by atoms with Gasteiger partial charge in [0.2, 0.25) is 0 Å². The van der Waals surface area contributed by atoms with Crippen LogP contribution in [0.15, 0.2) is 0 Å². The summed E-state index contributed by atoms with van der Waals surface area (Å²) in [5.41, 5.74) is 4.87. The fourth-order valence-corrected chi connectivity index (χ4v) is 0.200. The van der Waals surface area contributed by atoms with Gasteiger partial charge in [-0.2, -0.15) is 26.3 Å². The molecule has 4 nitrogen and oxygen atoms in total. The molecule has 10 heteroatoms. The minimum Gasteiger partial charge on any atom is -0.380 e. The van der Waals surface area contributed by atoms with Gasteiger partial charge in [0.05, 0.1) is 5.54 Å². The first kappa shape index (κ1) is 19.6. The van der Waals surface area contributed by atoms with Gasteiger partial charge in [0.25, 0.3) is 0 Å². The second kappa shape index (κ2) is 6.42. The van der Waals surface area contributed by atoms with Crippen molar-refractivity contribution in [2.75, 3.05) is 0 Å². The molecule has 0 aromatic carbocycles. The van der Waals surface area contributed by atoms with E-state index in [2.05, 4.69) is 10.7 Å². The maximum absolute atomic E-state index is 11.2. The normalized spacial score (nSPS) is 11.8. The SMILES string of the molecule is C#CC(C)(C)N.O=C(OC(=O)C(F)(F)F)C(F)(F)F. The van der Waals surface area contributed by atoms with Crippen molar-refractivity contribution >= 4 is 11.9 Å². The summed E-state index contributed by atoms with van der Waals surface area (Å²) in [6.07, 6.45) is -6.32. The molecule has 0 bridgehead atoms. The van der Waals surface area contributed by atoms with Gasteiger partial charge in [0.15, 0.2) is 0 Å². The maximum Gasteiger partial charge on any atom is 0.491 e. The first-order valence-corrected chi connectivity index (χ1v) is 4.28. The van der Waals surface area contributed by atoms with Crippen LogP contribution in [0.25, 0.3) is 0 Å². The molecule has 0 aliphatic heterocycles. The Morgan fingerprint density at radius 3 is 1.32 bits per heavy atom. The number of rotatable bonds is 0. The Morgan fingerprint density at radius 1 is 1.00 bits per heavy atom. The zero-order valence-electron chi connectivity index (χ0n) is 9.65. The van der Waals surface area contributed by atoms with Crippen LogP contribution in [-0.4, -0.2) is 29.8 Å². The molecule has 0 radical (unpaired) electrons. The van der Waals surface area contributed by atoms with Crippen LogP contribution in [0.1, 0.15) is 13.8 Å². The highest BCUT2D eigenvalue weighted by molar-refractivity contribution is 5.90. The van der Waals surface area contributed by atoms with Gasteiger partial charge in [0, 0.05) is 0 Å². The molecule has 0 rings (SSSR count). The molecule has 0 fully saturated rings. The van der Waals surface area contributed by atoms with Crippen molar-refractivity contribution in [1.82, 2.24) is 0 Å². The van der Waals surface area contributed by atoms with Crippen molar-refractivity contribution in [1.29, 1.82) is 0 Å². The highest BCUT2D eigenvalue weighted by atomic mass is 19.4. The zero-order valence-corrected chi connectivity index (χ0v) is 9.65. The number of terminal acetylenes is 1. The lowest BCUT2D eigenvalue weighted by Gasteiger charge is -2.06. The average molecular weight is 293 g/mol. The Balaban J connectivity index is 0. The minimum atomic E-state index is -5.62. The van der Waals surface area contributed by atoms with Crippen LogP contribution in [-0.2, 0) is 14.3 Å². The van der Waals surface area contributed by atoms with Crippen molar-refractivity contribution in [2.45, 2.75) is 31.7 Å². The van der Waals surface area contributed by atoms with Crippen molar-refractivity contribution in [2.24, 2.45) is 5.73 Å². The number of ether oxygens (including phenoxy) is 1. The third kappa shape index (κ3) is 11.1. The third-order valence-corrected chi connectivity index (χ3v) is 1.02. The van der Waals surface area contributed by atoms with Gasteiger partial charge in [-0.3, -0.25) is 0 Å². The molecule has 0 aliphatic rings. The lowest BCUT2D eigenvalue weighted by molar-refractivity contribution is -0.221. The van der Waals surface area contributed by atoms with Gasteiger partial charge < -0.3 is 10.5 Å². The summed E-state index contributed by atoms with van der Waals surface area (Å²) in [7, 11) is 0. The summed E-state index contributed by atoms with van der Waals surface area (Å²) in [5, 5.41) is 0. The molecule has 19 heavy (non-hydrogen) atoms. The van der Waals surface area contributed by atoms with E-state index >= 15 is 0 Å². The Bertz CT molecular complexity index is 347. The van der Waals surface area contributed by atoms with Gasteiger partial charge in [-0.1, -0.05) is 5.92 Å². The number of carbonyl (C=O) groups excluding carboxylic acids is 2. The first-order valence-electron chi connectivity index (χ1n) is 4.28. The van der Waals surface area contributed by atoms with E-state index in [9.17, 15) is 35.9 Å². The van der Waals surface area contributed by atoms with Gasteiger partial charge in [0.1, 0.15) is 0 Å². The molecule has 0 aliphatic carbocycles. The van der Waals surface area contributed by atoms with Crippen molar-refractivity contribution in [3.05, 3.63) is 0 Å². The quantitative estimate of drug-likeness (QED) is 0.318. The molecule has 0 atom stereocenters. The molecule has 0 unspecified atom stereocenters. The van der Waals surface area contributed by atoms with Gasteiger partial charge >= 0.3 is 24.3 Å². The Kier molecular flexibility index (Phi) is 6.61. The summed E-state index contributed by atoms with van der Waals surface area (Å²) in [4.78, 5) is 19.3. The third-order valence-electron chi connectivity index (χ3n) is 1.02. The molecule has 110 valence electrons. The summed E-state index contributed by atoms with van der Waals surface area (Å²) in [6, 6.07) is 0. The monoisotopic (exact) mass is 293 g/mol. The number of hydrogen-bond acceptors (Lipinski definition) is 4. The number of hydrogen-bond donors (Lipinski definition) is 1. The van der Waals surface area contributed by atoms with E-state index in [1.165, 1.54) is 0 Å². The van der Waals surface area contributed by atoms with E-state index < -0.39 is 29.8 Å². The van der Waals surface area contributed by atoms with E-state index in [1.807, 2.05) is 0 Å². The predicted octanol–water partition coefficient (Wildman–Crippen LogP) is 1.54. The van der Waals surface area contributed by atoms with Gasteiger partial charge in [-0.25, -0.2) is 9.59 Å². The van der Waals surface area contributed by atoms with Crippen LogP contribution < -0.4 is 5.73 Å². The number of halogens is 6. The van der Waals surface area contributed by atoms with Crippen LogP contribution in [0.2, 0.25) is 0 Å². The second-order valence-electron chi connectivity index (χ2n) is 3.54. The van der Waals surface area contributed by atoms with Crippen LogP contribution in [0.4, 0.5) is 26.3 Å². The lowest BCUT2D eigenvalue weighted by atomic mass is 10.1. The van der Waals surface area contributed by atoms with Gasteiger partial charge in [-0.05, 0) is 13.8 Å². The van der Waals surface area contributed by atoms with E-state index in [0.29, 0.717) is 0 Å². The molecule has 0 aromatic heterocycles. The highest BCUT2D eigenvalue weighted by Crippen LogP contribution is 2.21. The molecular formula is C9H9F6NO3. The first-order chi connectivity index (χ1) is 8.11. The summed E-state index contributed by atoms with van der Waals surface area (Å²) in [5.74, 6) is -4.02. The predicted molar refractivity (Wildman–Crippen MR) is 50.3 cm³/mol. The number of carbonyl (C=O) groups is 2. The standard InChI is InChI=1S/C5H9N.C4F6O3/c1-4-5(2,3)6;5-3(6,7)1(11)13-2(12)4(8,9)10/h1H,6H2,2-3H3;. The molecule has 0 saturated carbocycles. The van der Waals surface area contributed by atoms with E-state index in [0.717, 1.165) is 0 Å². The average Bonchev–Trinajstić information content (AvgIpc) is 2.14. The Hall–Kier alpha value is -1.76. The van der Waals surface area contributed by atoms with E-state index in [4.69, 9.17) is 12.2 Å². The molecule has 0 amide bonds. The molecule has 0 spiro atoms. The minimum absolute atomic E-state index is 0.431. The Morgan fingerprint density at radius 2 is 1.21 bits per heavy atom.